The van der Waals surface area contributed by atoms with Gasteiger partial charge in [-0.15, -0.1) is 0 Å². The van der Waals surface area contributed by atoms with Crippen molar-refractivity contribution in [1.29, 1.82) is 0 Å². The van der Waals surface area contributed by atoms with E-state index >= 15 is 0 Å². The molecule has 0 unspecified atom stereocenters. The van der Waals surface area contributed by atoms with E-state index in [1.807, 2.05) is 42.5 Å². The van der Waals surface area contributed by atoms with E-state index in [1.165, 1.54) is 11.8 Å². The fraction of sp³-hybridized carbons (Fsp3) is 0.231. The molecule has 0 fully saturated rings. The Kier molecular flexibility index (Phi) is 7.36. The molecule has 2 rings (SSSR count). The molecule has 0 spiro atoms. The molecule has 1 aliphatic rings. The van der Waals surface area contributed by atoms with Crippen LogP contribution in [0, 0.1) is 0 Å². The summed E-state index contributed by atoms with van der Waals surface area (Å²) < 4.78 is 37.2. The Morgan fingerprint density at radius 2 is 2.00 bits per heavy atom. The van der Waals surface area contributed by atoms with E-state index in [-0.39, 0.29) is 35.3 Å². The van der Waals surface area contributed by atoms with Crippen molar-refractivity contribution in [3.8, 4) is 5.75 Å². The van der Waals surface area contributed by atoms with Gasteiger partial charge in [-0.3, -0.25) is 0 Å². The first-order valence-corrected chi connectivity index (χ1v) is 8.32. The minimum atomic E-state index is -4.12. The molecule has 0 saturated carbocycles. The van der Waals surface area contributed by atoms with Gasteiger partial charge in [0.15, 0.2) is 5.09 Å². The fourth-order valence-electron chi connectivity index (χ4n) is 1.57. The van der Waals surface area contributed by atoms with E-state index in [1.54, 1.807) is 0 Å². The molecule has 0 N–H and O–H groups in total. The van der Waals surface area contributed by atoms with Gasteiger partial charge in [-0.1, -0.05) is 42.1 Å². The minimum absolute atomic E-state index is 0. The second-order valence-corrected chi connectivity index (χ2v) is 6.57. The molecule has 102 valence electrons. The number of hydrogen-bond acceptors (Lipinski definition) is 5. The van der Waals surface area contributed by atoms with Crippen LogP contribution in [0.1, 0.15) is 12.0 Å². The first kappa shape index (κ1) is 17.8. The molecule has 0 aliphatic carbocycles. The van der Waals surface area contributed by atoms with Crippen molar-refractivity contribution in [3.05, 3.63) is 47.1 Å². The van der Waals surface area contributed by atoms with Gasteiger partial charge in [-0.2, -0.15) is 0 Å². The van der Waals surface area contributed by atoms with Crippen LogP contribution in [-0.4, -0.2) is 24.5 Å². The van der Waals surface area contributed by atoms with Crippen LogP contribution in [0.2, 0.25) is 0 Å². The van der Waals surface area contributed by atoms with Crippen molar-refractivity contribution < 1.29 is 47.3 Å². The predicted molar refractivity (Wildman–Crippen MR) is 75.8 cm³/mol. The Morgan fingerprint density at radius 1 is 1.25 bits per heavy atom. The van der Waals surface area contributed by atoms with E-state index < -0.39 is 10.1 Å². The van der Waals surface area contributed by atoms with Crippen LogP contribution in [-0.2, 0) is 10.1 Å². The van der Waals surface area contributed by atoms with Crippen molar-refractivity contribution in [2.75, 3.05) is 11.5 Å². The van der Waals surface area contributed by atoms with Gasteiger partial charge in [-0.25, -0.2) is 8.42 Å². The molecule has 7 heteroatoms. The van der Waals surface area contributed by atoms with Crippen molar-refractivity contribution in [3.63, 3.8) is 0 Å². The predicted octanol–water partition coefficient (Wildman–Crippen LogP) is -0.394. The SMILES string of the molecule is O=S(=O)([O-])CCCSC1=CC=Cc2ccccc2O1.[Na+]. The third kappa shape index (κ3) is 6.03. The Morgan fingerprint density at radius 3 is 2.75 bits per heavy atom. The zero-order valence-electron chi connectivity index (χ0n) is 11.1. The van der Waals surface area contributed by atoms with E-state index in [4.69, 9.17) is 4.74 Å². The molecule has 1 aromatic rings. The average molecular weight is 320 g/mol. The maximum Gasteiger partial charge on any atom is 1.00 e. The average Bonchev–Trinajstić information content (AvgIpc) is 2.55. The maximum atomic E-state index is 10.5. The second kappa shape index (κ2) is 8.26. The number of hydrogen-bond donors (Lipinski definition) is 0. The summed E-state index contributed by atoms with van der Waals surface area (Å²) in [6.07, 6.45) is 5.99. The van der Waals surface area contributed by atoms with E-state index in [9.17, 15) is 13.0 Å². The third-order valence-corrected chi connectivity index (χ3v) is 4.21. The van der Waals surface area contributed by atoms with Gasteiger partial charge < -0.3 is 9.29 Å². The molecule has 4 nitrogen and oxygen atoms in total. The molecule has 0 amide bonds. The van der Waals surface area contributed by atoms with Crippen molar-refractivity contribution in [2.45, 2.75) is 6.42 Å². The minimum Gasteiger partial charge on any atom is -0.748 e. The van der Waals surface area contributed by atoms with Gasteiger partial charge in [0.05, 0.1) is 10.1 Å². The smallest absolute Gasteiger partial charge is 0.748 e. The number of thioether (sulfide) groups is 1. The summed E-state index contributed by atoms with van der Waals surface area (Å²) in [4.78, 5) is 0. The summed E-state index contributed by atoms with van der Waals surface area (Å²) in [6, 6.07) is 7.66. The Labute approximate surface area is 145 Å². The summed E-state index contributed by atoms with van der Waals surface area (Å²) in [5.41, 5.74) is 0.997. The van der Waals surface area contributed by atoms with Crippen LogP contribution < -0.4 is 34.3 Å². The summed E-state index contributed by atoms with van der Waals surface area (Å²) in [6.45, 7) is 0. The van der Waals surface area contributed by atoms with E-state index in [0.717, 1.165) is 11.3 Å². The normalized spacial score (nSPS) is 13.6. The molecule has 0 radical (unpaired) electrons. The Bertz CT molecular complexity index is 609. The Hall–Kier alpha value is -0.240. The number of fused-ring (bicyclic) bond motifs is 1. The van der Waals surface area contributed by atoms with Crippen molar-refractivity contribution in [1.82, 2.24) is 0 Å². The topological polar surface area (TPSA) is 66.4 Å². The molecule has 1 heterocycles. The van der Waals surface area contributed by atoms with Gasteiger partial charge in [0.25, 0.3) is 0 Å². The molecular formula is C13H13NaO4S2. The third-order valence-electron chi connectivity index (χ3n) is 2.42. The Balaban J connectivity index is 0.00000200. The summed E-state index contributed by atoms with van der Waals surface area (Å²) >= 11 is 1.40. The summed E-state index contributed by atoms with van der Waals surface area (Å²) in [5.74, 6) is 0.967. The molecule has 20 heavy (non-hydrogen) atoms. The van der Waals surface area contributed by atoms with Crippen LogP contribution in [0.4, 0.5) is 0 Å². The van der Waals surface area contributed by atoms with Gasteiger partial charge >= 0.3 is 29.6 Å². The maximum absolute atomic E-state index is 10.5. The van der Waals surface area contributed by atoms with Gasteiger partial charge in [-0.05, 0) is 18.6 Å². The first-order valence-electron chi connectivity index (χ1n) is 5.76. The second-order valence-electron chi connectivity index (χ2n) is 3.95. The molecule has 0 bridgehead atoms. The molecular weight excluding hydrogens is 307 g/mol. The van der Waals surface area contributed by atoms with E-state index in [2.05, 4.69) is 0 Å². The summed E-state index contributed by atoms with van der Waals surface area (Å²) in [7, 11) is -4.12. The van der Waals surface area contributed by atoms with Crippen LogP contribution in [0.5, 0.6) is 5.75 Å². The molecule has 1 aromatic carbocycles. The standard InChI is InChI=1S/C13H14O4S2.Na/c14-19(15,16)10-4-9-18-13-8-3-6-11-5-1-2-7-12(11)17-13;/h1-3,5-8H,4,9-10H2,(H,14,15,16);/q;+1/p-1. The monoisotopic (exact) mass is 320 g/mol. The van der Waals surface area contributed by atoms with Crippen LogP contribution in [0.3, 0.4) is 0 Å². The van der Waals surface area contributed by atoms with Crippen LogP contribution >= 0.6 is 11.8 Å². The zero-order chi connectivity index (χ0) is 13.7. The number of benzene rings is 1. The van der Waals surface area contributed by atoms with Gasteiger partial charge in [0.2, 0.25) is 0 Å². The first-order chi connectivity index (χ1) is 9.04. The van der Waals surface area contributed by atoms with E-state index in [0.29, 0.717) is 17.3 Å². The van der Waals surface area contributed by atoms with Gasteiger partial charge in [0, 0.05) is 17.1 Å². The summed E-state index contributed by atoms with van der Waals surface area (Å²) in [5, 5.41) is 0.699. The molecule has 1 aliphatic heterocycles. The fourth-order valence-corrected chi connectivity index (χ4v) is 3.06. The molecule has 0 saturated heterocycles. The van der Waals surface area contributed by atoms with Crippen LogP contribution in [0.25, 0.3) is 6.08 Å². The quantitative estimate of drug-likeness (QED) is 0.420. The molecule has 0 aromatic heterocycles. The van der Waals surface area contributed by atoms with Crippen molar-refractivity contribution >= 4 is 28.0 Å². The van der Waals surface area contributed by atoms with Crippen molar-refractivity contribution in [2.24, 2.45) is 0 Å². The number of rotatable bonds is 5. The zero-order valence-corrected chi connectivity index (χ0v) is 14.7. The van der Waals surface area contributed by atoms with Crippen LogP contribution in [0.15, 0.2) is 41.5 Å². The molecule has 0 atom stereocenters. The number of para-hydroxylation sites is 1. The number of ether oxygens (including phenoxy) is 1. The van der Waals surface area contributed by atoms with Gasteiger partial charge in [0.1, 0.15) is 5.75 Å². The number of allylic oxidation sites excluding steroid dienone is 2. The largest absolute Gasteiger partial charge is 1.00 e.